The molecule has 3 N–H and O–H groups in total. The van der Waals surface area contributed by atoms with Gasteiger partial charge in [0.1, 0.15) is 5.75 Å². The first-order chi connectivity index (χ1) is 12.1. The molecule has 0 spiro atoms. The normalized spacial score (nSPS) is 9.81. The lowest BCUT2D eigenvalue weighted by atomic mass is 10.1. The Labute approximate surface area is 160 Å². The lowest BCUT2D eigenvalue weighted by Crippen LogP contribution is -2.12. The number of hydrogen-bond acceptors (Lipinski definition) is 5. The summed E-state index contributed by atoms with van der Waals surface area (Å²) in [6.07, 6.45) is 0.896. The highest BCUT2D eigenvalue weighted by molar-refractivity contribution is 6.05. The van der Waals surface area contributed by atoms with Crippen molar-refractivity contribution < 1.29 is 19.0 Å². The van der Waals surface area contributed by atoms with Crippen LogP contribution in [0.15, 0.2) is 36.4 Å². The largest absolute Gasteiger partial charge is 0.495 e. The second-order valence-corrected chi connectivity index (χ2v) is 5.35. The molecule has 0 unspecified atom stereocenters. The molecule has 7 heteroatoms. The number of nitrogen functional groups attached to an aromatic ring is 1. The average molecular weight is 381 g/mol. The molecule has 0 saturated carbocycles. The molecule has 142 valence electrons. The summed E-state index contributed by atoms with van der Waals surface area (Å²) in [5, 5.41) is 2.81. The third-order valence-electron chi connectivity index (χ3n) is 3.46. The molecule has 0 saturated heterocycles. The van der Waals surface area contributed by atoms with E-state index in [-0.39, 0.29) is 18.3 Å². The molecule has 1 amide bonds. The van der Waals surface area contributed by atoms with Crippen LogP contribution < -0.4 is 25.3 Å². The zero-order valence-electron chi connectivity index (χ0n) is 15.2. The van der Waals surface area contributed by atoms with E-state index in [0.29, 0.717) is 47.4 Å². The van der Waals surface area contributed by atoms with E-state index in [1.54, 1.807) is 43.5 Å². The second kappa shape index (κ2) is 10.4. The Balaban J connectivity index is 0.00000338. The molecular formula is C19H25ClN2O4. The van der Waals surface area contributed by atoms with Gasteiger partial charge in [0.05, 0.1) is 26.0 Å². The summed E-state index contributed by atoms with van der Waals surface area (Å²) in [7, 11) is 1.54. The molecular weight excluding hydrogens is 356 g/mol. The van der Waals surface area contributed by atoms with Crippen molar-refractivity contribution in [3.05, 3.63) is 42.0 Å². The van der Waals surface area contributed by atoms with Gasteiger partial charge in [0.15, 0.2) is 11.5 Å². The van der Waals surface area contributed by atoms with E-state index >= 15 is 0 Å². The molecule has 0 fully saturated rings. The van der Waals surface area contributed by atoms with Crippen molar-refractivity contribution in [2.45, 2.75) is 20.3 Å². The van der Waals surface area contributed by atoms with Crippen molar-refractivity contribution in [3.63, 3.8) is 0 Å². The first-order valence-corrected chi connectivity index (χ1v) is 8.23. The molecule has 0 bridgehead atoms. The van der Waals surface area contributed by atoms with E-state index in [1.807, 2.05) is 13.8 Å². The number of carbonyl (C=O) groups excluding carboxylic acids is 1. The lowest BCUT2D eigenvalue weighted by molar-refractivity contribution is 0.102. The van der Waals surface area contributed by atoms with E-state index < -0.39 is 0 Å². The van der Waals surface area contributed by atoms with Gasteiger partial charge >= 0.3 is 0 Å². The average Bonchev–Trinajstić information content (AvgIpc) is 2.61. The SMILES string of the molecule is CCCOc1ccc(C(=O)Nc2ccc(OC)c(N)c2)cc1OCC.Cl. The molecule has 2 aromatic rings. The summed E-state index contributed by atoms with van der Waals surface area (Å²) in [5.41, 5.74) is 7.38. The summed E-state index contributed by atoms with van der Waals surface area (Å²) in [6, 6.07) is 10.2. The number of amides is 1. The smallest absolute Gasteiger partial charge is 0.255 e. The van der Waals surface area contributed by atoms with Crippen LogP contribution in [0.5, 0.6) is 17.2 Å². The van der Waals surface area contributed by atoms with Gasteiger partial charge in [-0.3, -0.25) is 4.79 Å². The Morgan fingerprint density at radius 1 is 1.04 bits per heavy atom. The summed E-state index contributed by atoms with van der Waals surface area (Å²) >= 11 is 0. The zero-order valence-corrected chi connectivity index (χ0v) is 16.0. The van der Waals surface area contributed by atoms with E-state index in [4.69, 9.17) is 19.9 Å². The van der Waals surface area contributed by atoms with Crippen LogP contribution >= 0.6 is 12.4 Å². The van der Waals surface area contributed by atoms with Gasteiger partial charge in [-0.1, -0.05) is 6.92 Å². The molecule has 6 nitrogen and oxygen atoms in total. The number of ether oxygens (including phenoxy) is 3. The number of halogens is 1. The van der Waals surface area contributed by atoms with Gasteiger partial charge in [0, 0.05) is 11.3 Å². The Morgan fingerprint density at radius 3 is 2.38 bits per heavy atom. The molecule has 0 aromatic heterocycles. The molecule has 0 radical (unpaired) electrons. The minimum Gasteiger partial charge on any atom is -0.495 e. The molecule has 2 aromatic carbocycles. The number of anilines is 2. The first-order valence-electron chi connectivity index (χ1n) is 8.23. The van der Waals surface area contributed by atoms with Gasteiger partial charge in [-0.2, -0.15) is 0 Å². The van der Waals surface area contributed by atoms with Crippen LogP contribution in [0.25, 0.3) is 0 Å². The van der Waals surface area contributed by atoms with Crippen LogP contribution in [-0.2, 0) is 0 Å². The highest BCUT2D eigenvalue weighted by atomic mass is 35.5. The molecule has 0 heterocycles. The summed E-state index contributed by atoms with van der Waals surface area (Å²) < 4.78 is 16.3. The van der Waals surface area contributed by atoms with Crippen LogP contribution in [0.2, 0.25) is 0 Å². The monoisotopic (exact) mass is 380 g/mol. The summed E-state index contributed by atoms with van der Waals surface area (Å²) in [5.74, 6) is 1.49. The fourth-order valence-corrected chi connectivity index (χ4v) is 2.26. The fraction of sp³-hybridized carbons (Fsp3) is 0.316. The summed E-state index contributed by atoms with van der Waals surface area (Å²) in [4.78, 5) is 12.5. The van der Waals surface area contributed by atoms with E-state index in [9.17, 15) is 4.79 Å². The van der Waals surface area contributed by atoms with Crippen LogP contribution in [0.4, 0.5) is 11.4 Å². The highest BCUT2D eigenvalue weighted by Crippen LogP contribution is 2.29. The van der Waals surface area contributed by atoms with Crippen molar-refractivity contribution in [1.82, 2.24) is 0 Å². The number of hydrogen-bond donors (Lipinski definition) is 2. The minimum atomic E-state index is -0.257. The van der Waals surface area contributed by atoms with E-state index in [1.165, 1.54) is 0 Å². The quantitative estimate of drug-likeness (QED) is 0.672. The van der Waals surface area contributed by atoms with Gasteiger partial charge in [0.25, 0.3) is 5.91 Å². The van der Waals surface area contributed by atoms with Crippen LogP contribution in [0.1, 0.15) is 30.6 Å². The zero-order chi connectivity index (χ0) is 18.2. The predicted molar refractivity (Wildman–Crippen MR) is 106 cm³/mol. The molecule has 2 rings (SSSR count). The number of benzene rings is 2. The predicted octanol–water partition coefficient (Wildman–Crippen LogP) is 4.14. The number of carbonyl (C=O) groups is 1. The Kier molecular flexibility index (Phi) is 8.58. The maximum Gasteiger partial charge on any atom is 0.255 e. The minimum absolute atomic E-state index is 0. The van der Waals surface area contributed by atoms with Gasteiger partial charge in [-0.25, -0.2) is 0 Å². The maximum atomic E-state index is 12.5. The van der Waals surface area contributed by atoms with Crippen LogP contribution in [0.3, 0.4) is 0 Å². The van der Waals surface area contributed by atoms with Crippen molar-refractivity contribution in [2.24, 2.45) is 0 Å². The van der Waals surface area contributed by atoms with Gasteiger partial charge < -0.3 is 25.3 Å². The van der Waals surface area contributed by atoms with E-state index in [0.717, 1.165) is 6.42 Å². The second-order valence-electron chi connectivity index (χ2n) is 5.35. The molecule has 0 aliphatic rings. The number of methoxy groups -OCH3 is 1. The topological polar surface area (TPSA) is 82.8 Å². The lowest BCUT2D eigenvalue weighted by Gasteiger charge is -2.13. The van der Waals surface area contributed by atoms with Crippen molar-refractivity contribution in [3.8, 4) is 17.2 Å². The number of rotatable bonds is 8. The fourth-order valence-electron chi connectivity index (χ4n) is 2.26. The van der Waals surface area contributed by atoms with E-state index in [2.05, 4.69) is 5.32 Å². The highest BCUT2D eigenvalue weighted by Gasteiger charge is 2.12. The number of nitrogens with one attached hydrogen (secondary N) is 1. The Bertz CT molecular complexity index is 737. The van der Waals surface area contributed by atoms with Crippen LogP contribution in [0, 0.1) is 0 Å². The standard InChI is InChI=1S/C19H24N2O4.ClH/c1-4-10-25-17-8-6-13(11-18(17)24-5-2)19(22)21-14-7-9-16(23-3)15(20)12-14;/h6-9,11-12H,4-5,10,20H2,1-3H3,(H,21,22);1H. The van der Waals surface area contributed by atoms with Crippen molar-refractivity contribution in [1.29, 1.82) is 0 Å². The van der Waals surface area contributed by atoms with Gasteiger partial charge in [-0.15, -0.1) is 12.4 Å². The first kappa shape index (κ1) is 21.4. The molecule has 0 atom stereocenters. The van der Waals surface area contributed by atoms with Crippen molar-refractivity contribution in [2.75, 3.05) is 31.4 Å². The number of nitrogens with two attached hydrogens (primary N) is 1. The molecule has 0 aliphatic heterocycles. The van der Waals surface area contributed by atoms with Crippen molar-refractivity contribution >= 4 is 29.7 Å². The molecule has 26 heavy (non-hydrogen) atoms. The van der Waals surface area contributed by atoms with Gasteiger partial charge in [-0.05, 0) is 49.7 Å². The van der Waals surface area contributed by atoms with Crippen LogP contribution in [-0.4, -0.2) is 26.2 Å². The molecule has 0 aliphatic carbocycles. The Hall–Kier alpha value is -2.60. The summed E-state index contributed by atoms with van der Waals surface area (Å²) in [6.45, 7) is 5.00. The maximum absolute atomic E-state index is 12.5. The third-order valence-corrected chi connectivity index (χ3v) is 3.46. The Morgan fingerprint density at radius 2 is 1.77 bits per heavy atom. The van der Waals surface area contributed by atoms with Gasteiger partial charge in [0.2, 0.25) is 0 Å². The third kappa shape index (κ3) is 5.46.